The predicted molar refractivity (Wildman–Crippen MR) is 82.1 cm³/mol. The Kier molecular flexibility index (Phi) is 4.93. The van der Waals surface area contributed by atoms with E-state index in [4.69, 9.17) is 5.73 Å². The molecule has 0 amide bonds. The van der Waals surface area contributed by atoms with Gasteiger partial charge in [-0.2, -0.15) is 0 Å². The van der Waals surface area contributed by atoms with E-state index in [1.165, 1.54) is 4.88 Å². The van der Waals surface area contributed by atoms with Gasteiger partial charge in [-0.25, -0.2) is 13.1 Å². The molecule has 2 aromatic rings. The van der Waals surface area contributed by atoms with Gasteiger partial charge in [0.15, 0.2) is 0 Å². The molecule has 1 aromatic heterocycles. The largest absolute Gasteiger partial charge is 0.326 e. The minimum atomic E-state index is -3.49. The van der Waals surface area contributed by atoms with Gasteiger partial charge < -0.3 is 5.73 Å². The van der Waals surface area contributed by atoms with Crippen LogP contribution in [0.1, 0.15) is 22.2 Å². The molecule has 6 heteroatoms. The van der Waals surface area contributed by atoms with Crippen LogP contribution in [-0.4, -0.2) is 8.42 Å². The first-order chi connectivity index (χ1) is 9.55. The van der Waals surface area contributed by atoms with Crippen molar-refractivity contribution in [2.24, 2.45) is 5.73 Å². The van der Waals surface area contributed by atoms with Crippen molar-refractivity contribution in [3.8, 4) is 0 Å². The molecule has 0 saturated carbocycles. The van der Waals surface area contributed by atoms with E-state index in [9.17, 15) is 8.42 Å². The van der Waals surface area contributed by atoms with E-state index >= 15 is 0 Å². The molecule has 108 valence electrons. The van der Waals surface area contributed by atoms with Crippen LogP contribution in [0.2, 0.25) is 0 Å². The molecule has 0 atom stereocenters. The zero-order valence-corrected chi connectivity index (χ0v) is 12.9. The van der Waals surface area contributed by atoms with Crippen molar-refractivity contribution in [3.05, 3.63) is 51.7 Å². The maximum atomic E-state index is 12.2. The molecule has 0 bridgehead atoms. The Hall–Kier alpha value is -1.21. The summed E-state index contributed by atoms with van der Waals surface area (Å²) in [5.74, 6) is 0. The van der Waals surface area contributed by atoms with E-state index in [1.807, 2.05) is 18.2 Å². The third kappa shape index (κ3) is 3.67. The summed E-state index contributed by atoms with van der Waals surface area (Å²) < 4.78 is 27.0. The second-order valence-corrected chi connectivity index (χ2v) is 7.42. The lowest BCUT2D eigenvalue weighted by molar-refractivity contribution is 0.581. The number of nitrogens with two attached hydrogens (primary N) is 1. The lowest BCUT2D eigenvalue weighted by Crippen LogP contribution is -2.23. The van der Waals surface area contributed by atoms with Crippen LogP contribution in [0.5, 0.6) is 0 Å². The van der Waals surface area contributed by atoms with Gasteiger partial charge >= 0.3 is 0 Å². The van der Waals surface area contributed by atoms with Crippen LogP contribution in [0, 0.1) is 0 Å². The van der Waals surface area contributed by atoms with E-state index in [-0.39, 0.29) is 4.90 Å². The number of thiophene rings is 1. The molecule has 0 radical (unpaired) electrons. The molecular weight excluding hydrogens is 292 g/mol. The van der Waals surface area contributed by atoms with Gasteiger partial charge in [-0.15, -0.1) is 11.3 Å². The Morgan fingerprint density at radius 3 is 2.60 bits per heavy atom. The fraction of sp³-hybridized carbons (Fsp3) is 0.286. The summed E-state index contributed by atoms with van der Waals surface area (Å²) in [6.45, 7) is 2.73. The van der Waals surface area contributed by atoms with E-state index in [1.54, 1.807) is 29.5 Å². The fourth-order valence-corrected chi connectivity index (χ4v) is 3.86. The molecule has 2 rings (SSSR count). The van der Waals surface area contributed by atoms with Crippen LogP contribution in [0.3, 0.4) is 0 Å². The summed E-state index contributed by atoms with van der Waals surface area (Å²) >= 11 is 1.63. The Labute approximate surface area is 123 Å². The molecule has 0 unspecified atom stereocenters. The van der Waals surface area contributed by atoms with Gasteiger partial charge in [0.25, 0.3) is 0 Å². The smallest absolute Gasteiger partial charge is 0.240 e. The second-order valence-electron chi connectivity index (χ2n) is 4.40. The number of hydrogen-bond donors (Lipinski definition) is 2. The molecule has 1 heterocycles. The van der Waals surface area contributed by atoms with Gasteiger partial charge in [0.1, 0.15) is 0 Å². The highest BCUT2D eigenvalue weighted by molar-refractivity contribution is 7.89. The normalized spacial score (nSPS) is 11.7. The third-order valence-electron chi connectivity index (χ3n) is 2.95. The van der Waals surface area contributed by atoms with Crippen LogP contribution in [-0.2, 0) is 29.5 Å². The quantitative estimate of drug-likeness (QED) is 0.859. The zero-order chi connectivity index (χ0) is 14.6. The Morgan fingerprint density at radius 1 is 1.20 bits per heavy atom. The van der Waals surface area contributed by atoms with E-state index in [0.29, 0.717) is 13.1 Å². The molecule has 0 fully saturated rings. The number of hydrogen-bond acceptors (Lipinski definition) is 4. The number of aryl methyl sites for hydroxylation is 1. The molecule has 0 saturated heterocycles. The molecule has 1 aromatic carbocycles. The Balaban J connectivity index is 2.10. The lowest BCUT2D eigenvalue weighted by Gasteiger charge is -2.07. The molecule has 3 N–H and O–H groups in total. The molecule has 4 nitrogen and oxygen atoms in total. The predicted octanol–water partition coefficient (Wildman–Crippen LogP) is 2.25. The first-order valence-corrected chi connectivity index (χ1v) is 8.71. The second kappa shape index (κ2) is 6.49. The molecule has 0 spiro atoms. The standard InChI is InChI=1S/C14H18N2O2S2/c1-2-12-6-7-13(19-12)10-16-20(17,18)14-5-3-4-11(8-14)9-15/h3-8,16H,2,9-10,15H2,1H3. The number of sulfonamides is 1. The highest BCUT2D eigenvalue weighted by Crippen LogP contribution is 2.18. The SMILES string of the molecule is CCc1ccc(CNS(=O)(=O)c2cccc(CN)c2)s1. The molecule has 0 aliphatic carbocycles. The van der Waals surface area contributed by atoms with Crippen molar-refractivity contribution < 1.29 is 8.42 Å². The van der Waals surface area contributed by atoms with Crippen LogP contribution in [0.25, 0.3) is 0 Å². The maximum absolute atomic E-state index is 12.2. The zero-order valence-electron chi connectivity index (χ0n) is 11.3. The van der Waals surface area contributed by atoms with Crippen LogP contribution in [0.15, 0.2) is 41.3 Å². The van der Waals surface area contributed by atoms with Gasteiger partial charge in [0.05, 0.1) is 4.90 Å². The van der Waals surface area contributed by atoms with E-state index < -0.39 is 10.0 Å². The number of benzene rings is 1. The highest BCUT2D eigenvalue weighted by Gasteiger charge is 2.14. The van der Waals surface area contributed by atoms with Crippen LogP contribution in [0.4, 0.5) is 0 Å². The summed E-state index contributed by atoms with van der Waals surface area (Å²) in [4.78, 5) is 2.53. The summed E-state index contributed by atoms with van der Waals surface area (Å²) in [5.41, 5.74) is 6.33. The van der Waals surface area contributed by atoms with Gasteiger partial charge in [-0.3, -0.25) is 0 Å². The van der Waals surface area contributed by atoms with Gasteiger partial charge in [0.2, 0.25) is 10.0 Å². The molecule has 20 heavy (non-hydrogen) atoms. The first kappa shape index (κ1) is 15.2. The van der Waals surface area contributed by atoms with Crippen molar-refractivity contribution in [1.82, 2.24) is 4.72 Å². The Bertz CT molecular complexity index is 678. The summed E-state index contributed by atoms with van der Waals surface area (Å²) in [7, 11) is -3.49. The van der Waals surface area contributed by atoms with Crippen molar-refractivity contribution >= 4 is 21.4 Å². The molecule has 0 aliphatic heterocycles. The molecule has 0 aliphatic rings. The van der Waals surface area contributed by atoms with Crippen molar-refractivity contribution in [2.45, 2.75) is 31.3 Å². The summed E-state index contributed by atoms with van der Waals surface area (Å²) in [6.07, 6.45) is 0.968. The van der Waals surface area contributed by atoms with Gasteiger partial charge in [-0.1, -0.05) is 19.1 Å². The summed E-state index contributed by atoms with van der Waals surface area (Å²) in [6, 6.07) is 10.7. The first-order valence-electron chi connectivity index (χ1n) is 6.41. The Morgan fingerprint density at radius 2 is 1.95 bits per heavy atom. The van der Waals surface area contributed by atoms with E-state index in [0.717, 1.165) is 16.9 Å². The average molecular weight is 310 g/mol. The average Bonchev–Trinajstić information content (AvgIpc) is 2.93. The number of nitrogens with one attached hydrogen (secondary N) is 1. The summed E-state index contributed by atoms with van der Waals surface area (Å²) in [5, 5.41) is 0. The third-order valence-corrected chi connectivity index (χ3v) is 5.58. The maximum Gasteiger partial charge on any atom is 0.240 e. The molecular formula is C14H18N2O2S2. The lowest BCUT2D eigenvalue weighted by atomic mass is 10.2. The van der Waals surface area contributed by atoms with Gasteiger partial charge in [-0.05, 0) is 36.2 Å². The fourth-order valence-electron chi connectivity index (χ4n) is 1.80. The minimum absolute atomic E-state index is 0.257. The van der Waals surface area contributed by atoms with Crippen molar-refractivity contribution in [3.63, 3.8) is 0 Å². The monoisotopic (exact) mass is 310 g/mol. The number of rotatable bonds is 6. The minimum Gasteiger partial charge on any atom is -0.326 e. The van der Waals surface area contributed by atoms with Crippen molar-refractivity contribution in [2.75, 3.05) is 0 Å². The topological polar surface area (TPSA) is 72.2 Å². The van der Waals surface area contributed by atoms with E-state index in [2.05, 4.69) is 11.6 Å². The van der Waals surface area contributed by atoms with Crippen LogP contribution >= 0.6 is 11.3 Å². The van der Waals surface area contributed by atoms with Crippen LogP contribution < -0.4 is 10.5 Å². The van der Waals surface area contributed by atoms with Crippen molar-refractivity contribution in [1.29, 1.82) is 0 Å². The highest BCUT2D eigenvalue weighted by atomic mass is 32.2. The van der Waals surface area contributed by atoms with Gasteiger partial charge in [0, 0.05) is 22.8 Å².